The number of benzene rings is 2. The molecule has 7 nitrogen and oxygen atoms in total. The van der Waals surface area contributed by atoms with Gasteiger partial charge >= 0.3 is 0 Å². The van der Waals surface area contributed by atoms with Crippen LogP contribution in [0.3, 0.4) is 0 Å². The Hall–Kier alpha value is -2.88. The third kappa shape index (κ3) is 4.33. The van der Waals surface area contributed by atoms with Crippen molar-refractivity contribution in [3.05, 3.63) is 83.5 Å². The average Bonchev–Trinajstić information content (AvgIpc) is 3.15. The molecule has 2 aromatic heterocycles. The van der Waals surface area contributed by atoms with Gasteiger partial charge in [-0.2, -0.15) is 13.4 Å². The maximum Gasteiger partial charge on any atom is 0.287 e. The van der Waals surface area contributed by atoms with E-state index >= 15 is 0 Å². The van der Waals surface area contributed by atoms with Gasteiger partial charge in [0.25, 0.3) is 10.0 Å². The first kappa shape index (κ1) is 20.4. The van der Waals surface area contributed by atoms with E-state index in [1.807, 2.05) is 42.5 Å². The van der Waals surface area contributed by atoms with E-state index in [1.165, 1.54) is 24.0 Å². The zero-order chi connectivity index (χ0) is 21.1. The minimum atomic E-state index is -4.01. The van der Waals surface area contributed by atoms with Crippen molar-refractivity contribution in [2.75, 3.05) is 5.73 Å². The van der Waals surface area contributed by atoms with E-state index < -0.39 is 10.0 Å². The molecule has 0 aliphatic carbocycles. The van der Waals surface area contributed by atoms with Crippen LogP contribution in [0.15, 0.2) is 83.0 Å². The number of anilines is 1. The van der Waals surface area contributed by atoms with Gasteiger partial charge < -0.3 is 5.73 Å². The maximum atomic E-state index is 12.9. The van der Waals surface area contributed by atoms with Crippen LogP contribution >= 0.6 is 23.4 Å². The summed E-state index contributed by atoms with van der Waals surface area (Å²) in [6.45, 7) is 0. The van der Waals surface area contributed by atoms with Crippen LogP contribution in [-0.4, -0.2) is 27.6 Å². The zero-order valence-electron chi connectivity index (χ0n) is 15.5. The molecule has 0 radical (unpaired) electrons. The van der Waals surface area contributed by atoms with E-state index in [1.54, 1.807) is 18.2 Å². The SMILES string of the molecule is Nc1nc(SCc2ccc(Cl)cc2)nn1S(=O)(=O)c1ccc(-c2ccccc2)nc1. The highest BCUT2D eigenvalue weighted by molar-refractivity contribution is 7.98. The van der Waals surface area contributed by atoms with E-state index in [2.05, 4.69) is 15.1 Å². The van der Waals surface area contributed by atoms with Crippen LogP contribution in [0, 0.1) is 0 Å². The number of nitrogen functional groups attached to an aromatic ring is 1. The fraction of sp³-hybridized carbons (Fsp3) is 0.0500. The first-order chi connectivity index (χ1) is 14.4. The third-order valence-electron chi connectivity index (χ3n) is 4.20. The molecule has 0 saturated heterocycles. The fourth-order valence-electron chi connectivity index (χ4n) is 2.67. The summed E-state index contributed by atoms with van der Waals surface area (Å²) in [5.41, 5.74) is 8.39. The molecule has 0 fully saturated rings. The van der Waals surface area contributed by atoms with E-state index in [0.29, 0.717) is 16.5 Å². The molecule has 2 heterocycles. The zero-order valence-corrected chi connectivity index (χ0v) is 17.9. The molecule has 0 aliphatic rings. The van der Waals surface area contributed by atoms with Gasteiger partial charge in [-0.15, -0.1) is 9.19 Å². The molecule has 4 rings (SSSR count). The largest absolute Gasteiger partial charge is 0.367 e. The van der Waals surface area contributed by atoms with Crippen molar-refractivity contribution in [2.24, 2.45) is 0 Å². The van der Waals surface area contributed by atoms with Gasteiger partial charge in [-0.25, -0.2) is 0 Å². The molecule has 0 atom stereocenters. The number of hydrogen-bond acceptors (Lipinski definition) is 7. The first-order valence-electron chi connectivity index (χ1n) is 8.80. The Bertz CT molecular complexity index is 1260. The normalized spacial score (nSPS) is 11.5. The van der Waals surface area contributed by atoms with E-state index in [0.717, 1.165) is 15.2 Å². The van der Waals surface area contributed by atoms with Crippen LogP contribution in [0.2, 0.25) is 5.02 Å². The van der Waals surface area contributed by atoms with Crippen molar-refractivity contribution in [1.29, 1.82) is 0 Å². The monoisotopic (exact) mass is 457 g/mol. The Labute approximate surface area is 183 Å². The summed E-state index contributed by atoms with van der Waals surface area (Å²) in [7, 11) is -4.01. The lowest BCUT2D eigenvalue weighted by atomic mass is 10.1. The predicted octanol–water partition coefficient (Wildman–Crippen LogP) is 4.11. The molecule has 0 amide bonds. The number of nitrogens with two attached hydrogens (primary N) is 1. The van der Waals surface area contributed by atoms with Crippen LogP contribution in [-0.2, 0) is 15.8 Å². The second kappa shape index (κ2) is 8.47. The van der Waals surface area contributed by atoms with Crippen molar-refractivity contribution in [3.63, 3.8) is 0 Å². The summed E-state index contributed by atoms with van der Waals surface area (Å²) in [4.78, 5) is 8.31. The van der Waals surface area contributed by atoms with E-state index in [9.17, 15) is 8.42 Å². The minimum absolute atomic E-state index is 0.0203. The predicted molar refractivity (Wildman–Crippen MR) is 118 cm³/mol. The number of halogens is 1. The second-order valence-corrected chi connectivity index (χ2v) is 9.41. The van der Waals surface area contributed by atoms with Gasteiger partial charge in [-0.3, -0.25) is 4.98 Å². The standard InChI is InChI=1S/C20H16ClN5O2S2/c21-16-8-6-14(7-9-16)13-29-20-24-19(22)26(25-20)30(27,28)17-10-11-18(23-12-17)15-4-2-1-3-5-15/h1-12H,13H2,(H2,22,24,25). The van der Waals surface area contributed by atoms with Crippen molar-refractivity contribution in [1.82, 2.24) is 19.2 Å². The maximum absolute atomic E-state index is 12.9. The van der Waals surface area contributed by atoms with Crippen molar-refractivity contribution < 1.29 is 8.42 Å². The summed E-state index contributed by atoms with van der Waals surface area (Å²) in [6.07, 6.45) is 1.29. The van der Waals surface area contributed by atoms with Crippen molar-refractivity contribution in [2.45, 2.75) is 15.8 Å². The molecule has 30 heavy (non-hydrogen) atoms. The summed E-state index contributed by atoms with van der Waals surface area (Å²) < 4.78 is 26.6. The number of aromatic nitrogens is 4. The van der Waals surface area contributed by atoms with Gasteiger partial charge in [0.05, 0.1) is 5.69 Å². The molecule has 0 spiro atoms. The fourth-order valence-corrected chi connectivity index (χ4v) is 4.73. The lowest BCUT2D eigenvalue weighted by Gasteiger charge is -2.06. The Morgan fingerprint density at radius 2 is 1.73 bits per heavy atom. The van der Waals surface area contributed by atoms with Crippen LogP contribution in [0.5, 0.6) is 0 Å². The van der Waals surface area contributed by atoms with Gasteiger partial charge in [0, 0.05) is 22.5 Å². The molecule has 2 aromatic carbocycles. The second-order valence-electron chi connectivity index (χ2n) is 6.26. The third-order valence-corrected chi connectivity index (χ3v) is 6.92. The highest BCUT2D eigenvalue weighted by Gasteiger charge is 2.23. The Kier molecular flexibility index (Phi) is 5.76. The summed E-state index contributed by atoms with van der Waals surface area (Å²) in [6, 6.07) is 19.9. The number of nitrogens with zero attached hydrogens (tertiary/aromatic N) is 4. The van der Waals surface area contributed by atoms with Gasteiger partial charge in [0.1, 0.15) is 4.90 Å². The highest BCUT2D eigenvalue weighted by atomic mass is 35.5. The molecule has 2 N–H and O–H groups in total. The number of hydrogen-bond donors (Lipinski definition) is 1. The summed E-state index contributed by atoms with van der Waals surface area (Å²) in [5, 5.41) is 4.98. The van der Waals surface area contributed by atoms with Gasteiger partial charge in [-0.05, 0) is 29.8 Å². The summed E-state index contributed by atoms with van der Waals surface area (Å²) >= 11 is 7.16. The molecule has 0 unspecified atom stereocenters. The molecule has 4 aromatic rings. The van der Waals surface area contributed by atoms with Crippen LogP contribution in [0.1, 0.15) is 5.56 Å². The highest BCUT2D eigenvalue weighted by Crippen LogP contribution is 2.24. The molecule has 0 bridgehead atoms. The van der Waals surface area contributed by atoms with Crippen molar-refractivity contribution in [3.8, 4) is 11.3 Å². The molecule has 0 aliphatic heterocycles. The molecule has 152 valence electrons. The number of thioether (sulfide) groups is 1. The van der Waals surface area contributed by atoms with Gasteiger partial charge in [0.2, 0.25) is 11.1 Å². The smallest absolute Gasteiger partial charge is 0.287 e. The van der Waals surface area contributed by atoms with Gasteiger partial charge in [0.15, 0.2) is 0 Å². The van der Waals surface area contributed by atoms with E-state index in [4.69, 9.17) is 17.3 Å². The Balaban J connectivity index is 1.54. The summed E-state index contributed by atoms with van der Waals surface area (Å²) in [5.74, 6) is 0.342. The van der Waals surface area contributed by atoms with Crippen LogP contribution in [0.25, 0.3) is 11.3 Å². The van der Waals surface area contributed by atoms with Crippen molar-refractivity contribution >= 4 is 39.3 Å². The first-order valence-corrected chi connectivity index (χ1v) is 11.6. The lowest BCUT2D eigenvalue weighted by molar-refractivity contribution is 0.579. The average molecular weight is 458 g/mol. The minimum Gasteiger partial charge on any atom is -0.367 e. The Morgan fingerprint density at radius 3 is 2.40 bits per heavy atom. The van der Waals surface area contributed by atoms with E-state index in [-0.39, 0.29) is 16.0 Å². The molecule has 0 saturated carbocycles. The van der Waals surface area contributed by atoms with Crippen LogP contribution < -0.4 is 5.73 Å². The molecular formula is C20H16ClN5O2S2. The lowest BCUT2D eigenvalue weighted by Crippen LogP contribution is -2.17. The number of pyridine rings is 1. The molecular weight excluding hydrogens is 442 g/mol. The van der Waals surface area contributed by atoms with Gasteiger partial charge in [-0.1, -0.05) is 65.8 Å². The topological polar surface area (TPSA) is 104 Å². The molecule has 10 heteroatoms. The number of rotatable bonds is 6. The van der Waals surface area contributed by atoms with Crippen LogP contribution in [0.4, 0.5) is 5.95 Å². The quantitative estimate of drug-likeness (QED) is 0.434. The Morgan fingerprint density at radius 1 is 1.00 bits per heavy atom.